The molecule has 1 saturated heterocycles. The molecule has 0 atom stereocenters. The smallest absolute Gasteiger partial charge is 0.136 e. The van der Waals surface area contributed by atoms with Crippen LogP contribution in [0.5, 0.6) is 0 Å². The lowest BCUT2D eigenvalue weighted by atomic mass is 10.2. The molecule has 1 fully saturated rings. The Kier molecular flexibility index (Phi) is 4.44. The normalized spacial score (nSPS) is 15.7. The van der Waals surface area contributed by atoms with Gasteiger partial charge in [0, 0.05) is 44.7 Å². The van der Waals surface area contributed by atoms with Gasteiger partial charge in [0.15, 0.2) is 0 Å². The third-order valence-electron chi connectivity index (χ3n) is 5.49. The molecule has 0 unspecified atom stereocenters. The molecule has 0 N–H and O–H groups in total. The van der Waals surface area contributed by atoms with Crippen LogP contribution < -0.4 is 4.90 Å². The monoisotopic (exact) mass is 379 g/mol. The van der Waals surface area contributed by atoms with Gasteiger partial charge in [-0.1, -0.05) is 17.3 Å². The molecule has 0 aliphatic carbocycles. The fraction of sp³-hybridized carbons (Fsp3) is 0.333. The topological polar surface area (TPSA) is 50.3 Å². The van der Waals surface area contributed by atoms with E-state index < -0.39 is 0 Å². The summed E-state index contributed by atoms with van der Waals surface area (Å²) >= 11 is 0. The van der Waals surface area contributed by atoms with Crippen molar-refractivity contribution in [2.24, 2.45) is 0 Å². The minimum Gasteiger partial charge on any atom is -0.462 e. The number of furan rings is 1. The van der Waals surface area contributed by atoms with Gasteiger partial charge < -0.3 is 9.32 Å². The predicted octanol–water partition coefficient (Wildman–Crippen LogP) is 3.53. The van der Waals surface area contributed by atoms with Gasteiger partial charge in [0.1, 0.15) is 23.2 Å². The van der Waals surface area contributed by atoms with Crippen LogP contribution >= 0.6 is 0 Å². The van der Waals surface area contributed by atoms with Gasteiger partial charge in [0.25, 0.3) is 0 Å². The first kappa shape index (κ1) is 17.2. The molecule has 0 bridgehead atoms. The van der Waals surface area contributed by atoms with Crippen LogP contribution in [0.2, 0.25) is 0 Å². The lowest BCUT2D eigenvalue weighted by Gasteiger charge is -2.35. The van der Waals surface area contributed by atoms with Crippen molar-refractivity contribution >= 4 is 27.7 Å². The van der Waals surface area contributed by atoms with Crippen molar-refractivity contribution in [2.45, 2.75) is 13.0 Å². The Morgan fingerprint density at radius 1 is 1.00 bits per heavy atom. The molecular formula is C21H22FN5O. The number of rotatable bonds is 5. The van der Waals surface area contributed by atoms with Gasteiger partial charge in [-0.15, -0.1) is 5.10 Å². The van der Waals surface area contributed by atoms with Crippen molar-refractivity contribution in [2.75, 3.05) is 37.6 Å². The van der Waals surface area contributed by atoms with Gasteiger partial charge in [-0.25, -0.2) is 9.07 Å². The third kappa shape index (κ3) is 3.22. The lowest BCUT2D eigenvalue weighted by Crippen LogP contribution is -2.46. The van der Waals surface area contributed by atoms with E-state index in [1.165, 1.54) is 6.07 Å². The van der Waals surface area contributed by atoms with E-state index in [9.17, 15) is 4.39 Å². The Bertz CT molecular complexity index is 1100. The standard InChI is InChI=1S/C21H22FN5O/c22-16-6-7-21-17(14-16)20(15-28-21)26-12-10-25(11-13-26)8-3-9-27-19-5-2-1-4-18(19)23-24-27/h1-2,4-7,14-15H,3,8-13H2. The second kappa shape index (κ2) is 7.24. The summed E-state index contributed by atoms with van der Waals surface area (Å²) in [6.45, 7) is 5.70. The van der Waals surface area contributed by atoms with Crippen LogP contribution in [-0.4, -0.2) is 52.6 Å². The van der Waals surface area contributed by atoms with Crippen LogP contribution in [0.1, 0.15) is 6.42 Å². The zero-order valence-corrected chi connectivity index (χ0v) is 15.6. The van der Waals surface area contributed by atoms with Crippen LogP contribution in [0.3, 0.4) is 0 Å². The van der Waals surface area contributed by atoms with E-state index in [4.69, 9.17) is 4.42 Å². The molecule has 3 heterocycles. The van der Waals surface area contributed by atoms with Crippen molar-refractivity contribution in [1.82, 2.24) is 19.9 Å². The molecule has 2 aromatic heterocycles. The van der Waals surface area contributed by atoms with Crippen molar-refractivity contribution < 1.29 is 8.81 Å². The van der Waals surface area contributed by atoms with E-state index in [1.54, 1.807) is 18.4 Å². The molecule has 7 heteroatoms. The van der Waals surface area contributed by atoms with Crippen molar-refractivity contribution in [1.29, 1.82) is 0 Å². The van der Waals surface area contributed by atoms with Crippen LogP contribution in [0, 0.1) is 5.82 Å². The second-order valence-corrected chi connectivity index (χ2v) is 7.24. The fourth-order valence-corrected chi connectivity index (χ4v) is 3.97. The number of para-hydroxylation sites is 1. The summed E-state index contributed by atoms with van der Waals surface area (Å²) in [5.41, 5.74) is 3.76. The average Bonchev–Trinajstić information content (AvgIpc) is 3.33. The van der Waals surface area contributed by atoms with E-state index in [2.05, 4.69) is 26.2 Å². The summed E-state index contributed by atoms with van der Waals surface area (Å²) in [5, 5.41) is 9.32. The Morgan fingerprint density at radius 2 is 1.86 bits per heavy atom. The van der Waals surface area contributed by atoms with Gasteiger partial charge in [-0.2, -0.15) is 0 Å². The van der Waals surface area contributed by atoms with Gasteiger partial charge in [-0.3, -0.25) is 4.90 Å². The molecule has 144 valence electrons. The summed E-state index contributed by atoms with van der Waals surface area (Å²) in [6, 6.07) is 12.7. The summed E-state index contributed by atoms with van der Waals surface area (Å²) in [4.78, 5) is 4.76. The molecule has 1 aliphatic rings. The number of aromatic nitrogens is 3. The molecule has 5 rings (SSSR count). The molecule has 2 aromatic carbocycles. The highest BCUT2D eigenvalue weighted by Gasteiger charge is 2.20. The number of hydrogen-bond acceptors (Lipinski definition) is 5. The maximum absolute atomic E-state index is 13.6. The predicted molar refractivity (Wildman–Crippen MR) is 107 cm³/mol. The largest absolute Gasteiger partial charge is 0.462 e. The SMILES string of the molecule is Fc1ccc2occ(N3CCN(CCCn4nnc5ccccc54)CC3)c2c1. The Morgan fingerprint density at radius 3 is 2.75 bits per heavy atom. The molecule has 6 nitrogen and oxygen atoms in total. The number of nitrogens with zero attached hydrogens (tertiary/aromatic N) is 5. The average molecular weight is 379 g/mol. The van der Waals surface area contributed by atoms with Crippen LogP contribution in [0.25, 0.3) is 22.0 Å². The van der Waals surface area contributed by atoms with Gasteiger partial charge in [0.2, 0.25) is 0 Å². The number of benzene rings is 2. The summed E-state index contributed by atoms with van der Waals surface area (Å²) in [7, 11) is 0. The van der Waals surface area contributed by atoms with E-state index in [1.807, 2.05) is 22.9 Å². The number of hydrogen-bond donors (Lipinski definition) is 0. The Balaban J connectivity index is 1.16. The minimum absolute atomic E-state index is 0.227. The molecule has 4 aromatic rings. The van der Waals surface area contributed by atoms with Crippen LogP contribution in [0.4, 0.5) is 10.1 Å². The van der Waals surface area contributed by atoms with E-state index in [0.29, 0.717) is 0 Å². The molecule has 0 radical (unpaired) electrons. The summed E-state index contributed by atoms with van der Waals surface area (Å²) < 4.78 is 21.2. The Labute approximate surface area is 162 Å². The quantitative estimate of drug-likeness (QED) is 0.531. The molecular weight excluding hydrogens is 357 g/mol. The molecule has 0 amide bonds. The lowest BCUT2D eigenvalue weighted by molar-refractivity contribution is 0.249. The maximum Gasteiger partial charge on any atom is 0.136 e. The highest BCUT2D eigenvalue weighted by atomic mass is 19.1. The number of aryl methyl sites for hydroxylation is 1. The Hall–Kier alpha value is -2.93. The highest BCUT2D eigenvalue weighted by molar-refractivity contribution is 5.91. The van der Waals surface area contributed by atoms with Crippen LogP contribution in [-0.2, 0) is 6.54 Å². The first-order valence-corrected chi connectivity index (χ1v) is 9.70. The maximum atomic E-state index is 13.6. The van der Waals surface area contributed by atoms with Crippen molar-refractivity contribution in [3.8, 4) is 0 Å². The summed E-state index contributed by atoms with van der Waals surface area (Å²) in [6.07, 6.45) is 2.78. The molecule has 0 saturated carbocycles. The number of piperazine rings is 1. The molecule has 1 aliphatic heterocycles. The second-order valence-electron chi connectivity index (χ2n) is 7.24. The van der Waals surface area contributed by atoms with Gasteiger partial charge in [-0.05, 0) is 36.8 Å². The van der Waals surface area contributed by atoms with Crippen molar-refractivity contribution in [3.63, 3.8) is 0 Å². The van der Waals surface area contributed by atoms with E-state index in [-0.39, 0.29) is 5.82 Å². The van der Waals surface area contributed by atoms with E-state index in [0.717, 1.165) is 73.4 Å². The molecule has 0 spiro atoms. The first-order chi connectivity index (χ1) is 13.8. The number of fused-ring (bicyclic) bond motifs is 2. The zero-order chi connectivity index (χ0) is 18.9. The zero-order valence-electron chi connectivity index (χ0n) is 15.6. The number of anilines is 1. The number of halogens is 1. The van der Waals surface area contributed by atoms with Crippen molar-refractivity contribution in [3.05, 3.63) is 54.5 Å². The summed E-state index contributed by atoms with van der Waals surface area (Å²) in [5.74, 6) is -0.227. The van der Waals surface area contributed by atoms with E-state index >= 15 is 0 Å². The van der Waals surface area contributed by atoms with Gasteiger partial charge >= 0.3 is 0 Å². The van der Waals surface area contributed by atoms with Crippen LogP contribution in [0.15, 0.2) is 53.1 Å². The first-order valence-electron chi connectivity index (χ1n) is 9.70. The molecule has 28 heavy (non-hydrogen) atoms. The minimum atomic E-state index is -0.227. The fourth-order valence-electron chi connectivity index (χ4n) is 3.97. The third-order valence-corrected chi connectivity index (χ3v) is 5.49. The van der Waals surface area contributed by atoms with Gasteiger partial charge in [0.05, 0.1) is 11.2 Å². The highest BCUT2D eigenvalue weighted by Crippen LogP contribution is 2.30.